The van der Waals surface area contributed by atoms with Gasteiger partial charge in [0.2, 0.25) is 11.1 Å². The number of hydrogen-bond donors (Lipinski definition) is 1. The first-order chi connectivity index (χ1) is 15.8. The summed E-state index contributed by atoms with van der Waals surface area (Å²) in [5.41, 5.74) is 0.616. The molecule has 1 aliphatic rings. The number of aryl methyl sites for hydroxylation is 1. The van der Waals surface area contributed by atoms with Crippen molar-refractivity contribution in [1.82, 2.24) is 24.0 Å². The standard InChI is InChI=1S/C22H22F3N7S/c1-11-9-31(22-26-13(3)30-33-22)10-12(2)19(11)27-21-28-20-15(5-4-8-32(20)29-21)14-6-7-16(23)18(25)17(14)24/h4-8,11-12,19H,9-10H2,1-3H3,(H,27,29)/t11-,12-/m0/s1. The van der Waals surface area contributed by atoms with Crippen molar-refractivity contribution in [3.8, 4) is 11.1 Å². The van der Waals surface area contributed by atoms with Gasteiger partial charge in [0.05, 0.1) is 0 Å². The van der Waals surface area contributed by atoms with Gasteiger partial charge in [0.1, 0.15) is 5.82 Å². The maximum absolute atomic E-state index is 14.4. The number of benzene rings is 1. The maximum atomic E-state index is 14.4. The number of anilines is 2. The average molecular weight is 474 g/mol. The number of nitrogens with zero attached hydrogens (tertiary/aromatic N) is 6. The van der Waals surface area contributed by atoms with E-state index in [9.17, 15) is 13.2 Å². The first-order valence-corrected chi connectivity index (χ1v) is 11.4. The number of fused-ring (bicyclic) bond motifs is 1. The summed E-state index contributed by atoms with van der Waals surface area (Å²) in [4.78, 5) is 11.3. The molecule has 1 fully saturated rings. The molecule has 0 unspecified atom stereocenters. The molecule has 7 nitrogen and oxygen atoms in total. The third-order valence-electron chi connectivity index (χ3n) is 6.01. The summed E-state index contributed by atoms with van der Waals surface area (Å²) in [6.45, 7) is 7.83. The van der Waals surface area contributed by atoms with Crippen molar-refractivity contribution >= 4 is 28.3 Å². The molecule has 1 N–H and O–H groups in total. The van der Waals surface area contributed by atoms with E-state index in [0.717, 1.165) is 30.1 Å². The fraction of sp³-hybridized carbons (Fsp3) is 0.364. The lowest BCUT2D eigenvalue weighted by molar-refractivity contribution is 0.317. The average Bonchev–Trinajstić information content (AvgIpc) is 3.40. The summed E-state index contributed by atoms with van der Waals surface area (Å²) in [5.74, 6) is -2.27. The lowest BCUT2D eigenvalue weighted by atomic mass is 9.86. The highest BCUT2D eigenvalue weighted by molar-refractivity contribution is 7.09. The molecule has 11 heteroatoms. The smallest absolute Gasteiger partial charge is 0.243 e. The van der Waals surface area contributed by atoms with Crippen LogP contribution in [0.25, 0.3) is 16.8 Å². The van der Waals surface area contributed by atoms with Crippen molar-refractivity contribution in [2.75, 3.05) is 23.3 Å². The molecule has 172 valence electrons. The van der Waals surface area contributed by atoms with E-state index in [2.05, 4.69) is 43.5 Å². The molecule has 1 saturated heterocycles. The van der Waals surface area contributed by atoms with Gasteiger partial charge in [-0.3, -0.25) is 0 Å². The molecule has 0 amide bonds. The zero-order chi connectivity index (χ0) is 23.3. The lowest BCUT2D eigenvalue weighted by Crippen LogP contribution is -2.50. The van der Waals surface area contributed by atoms with Crippen molar-refractivity contribution < 1.29 is 13.2 Å². The van der Waals surface area contributed by atoms with Crippen molar-refractivity contribution in [3.05, 3.63) is 53.7 Å². The molecule has 1 aliphatic heterocycles. The molecule has 1 aromatic carbocycles. The monoisotopic (exact) mass is 473 g/mol. The van der Waals surface area contributed by atoms with Crippen LogP contribution < -0.4 is 10.2 Å². The second-order valence-corrected chi connectivity index (χ2v) is 9.23. The SMILES string of the molecule is Cc1nsc(N2C[C@H](C)C(Nc3nc4c(-c5ccc(F)c(F)c5F)cccn4n3)[C@@H](C)C2)n1. The molecule has 0 bridgehead atoms. The summed E-state index contributed by atoms with van der Waals surface area (Å²) < 4.78 is 47.4. The summed E-state index contributed by atoms with van der Waals surface area (Å²) >= 11 is 1.41. The maximum Gasteiger partial charge on any atom is 0.243 e. The van der Waals surface area contributed by atoms with E-state index in [4.69, 9.17) is 0 Å². The van der Waals surface area contributed by atoms with Crippen LogP contribution in [0.5, 0.6) is 0 Å². The molecule has 3 aromatic heterocycles. The molecule has 4 heterocycles. The topological polar surface area (TPSA) is 71.2 Å². The molecule has 4 aromatic rings. The Labute approximate surface area is 192 Å². The highest BCUT2D eigenvalue weighted by Crippen LogP contribution is 2.31. The Kier molecular flexibility index (Phi) is 5.43. The molecule has 2 atom stereocenters. The summed E-state index contributed by atoms with van der Waals surface area (Å²) in [7, 11) is 0. The predicted octanol–water partition coefficient (Wildman–Crippen LogP) is 4.55. The predicted molar refractivity (Wildman–Crippen MR) is 121 cm³/mol. The minimum Gasteiger partial charge on any atom is -0.350 e. The highest BCUT2D eigenvalue weighted by Gasteiger charge is 2.34. The Balaban J connectivity index is 1.41. The number of pyridine rings is 1. The van der Waals surface area contributed by atoms with E-state index >= 15 is 0 Å². The summed E-state index contributed by atoms with van der Waals surface area (Å²) in [5, 5.41) is 8.84. The molecule has 0 radical (unpaired) electrons. The van der Waals surface area contributed by atoms with Crippen molar-refractivity contribution in [3.63, 3.8) is 0 Å². The van der Waals surface area contributed by atoms with Crippen molar-refractivity contribution in [1.29, 1.82) is 0 Å². The van der Waals surface area contributed by atoms with Crippen molar-refractivity contribution in [2.45, 2.75) is 26.8 Å². The summed E-state index contributed by atoms with van der Waals surface area (Å²) in [6, 6.07) is 5.49. The molecule has 0 spiro atoms. The van der Waals surface area contributed by atoms with Gasteiger partial charge in [0, 0.05) is 48.0 Å². The van der Waals surface area contributed by atoms with Gasteiger partial charge < -0.3 is 10.2 Å². The van der Waals surface area contributed by atoms with Crippen LogP contribution in [-0.4, -0.2) is 43.1 Å². The van der Waals surface area contributed by atoms with Gasteiger partial charge in [0.15, 0.2) is 23.1 Å². The van der Waals surface area contributed by atoms with Crippen LogP contribution in [-0.2, 0) is 0 Å². The number of halogens is 3. The largest absolute Gasteiger partial charge is 0.350 e. The fourth-order valence-corrected chi connectivity index (χ4v) is 5.17. The van der Waals surface area contributed by atoms with Crippen LogP contribution in [0.4, 0.5) is 24.3 Å². The Bertz CT molecular complexity index is 1310. The van der Waals surface area contributed by atoms with Crippen LogP contribution in [0, 0.1) is 36.2 Å². The number of nitrogens with one attached hydrogen (secondary N) is 1. The van der Waals surface area contributed by atoms with E-state index < -0.39 is 17.5 Å². The van der Waals surface area contributed by atoms with Crippen LogP contribution in [0.3, 0.4) is 0 Å². The van der Waals surface area contributed by atoms with Gasteiger partial charge in [-0.2, -0.15) is 9.36 Å². The number of piperidine rings is 1. The van der Waals surface area contributed by atoms with Crippen molar-refractivity contribution in [2.24, 2.45) is 11.8 Å². The Morgan fingerprint density at radius 2 is 1.76 bits per heavy atom. The molecule has 0 aliphatic carbocycles. The van der Waals surface area contributed by atoms with Crippen LogP contribution in [0.15, 0.2) is 30.5 Å². The Morgan fingerprint density at radius 3 is 2.45 bits per heavy atom. The second-order valence-electron chi connectivity index (χ2n) is 8.50. The zero-order valence-corrected chi connectivity index (χ0v) is 19.1. The van der Waals surface area contributed by atoms with Crippen LogP contribution in [0.2, 0.25) is 0 Å². The Hall–Kier alpha value is -3.21. The molecule has 0 saturated carbocycles. The van der Waals surface area contributed by atoms with E-state index in [1.165, 1.54) is 22.1 Å². The molecular formula is C22H22F3N7S. The van der Waals surface area contributed by atoms with Gasteiger partial charge >= 0.3 is 0 Å². The van der Waals surface area contributed by atoms with Gasteiger partial charge in [-0.15, -0.1) is 5.10 Å². The number of rotatable bonds is 4. The van der Waals surface area contributed by atoms with Crippen LogP contribution >= 0.6 is 11.5 Å². The number of aromatic nitrogens is 5. The lowest BCUT2D eigenvalue weighted by Gasteiger charge is -2.41. The van der Waals surface area contributed by atoms with E-state index in [1.807, 2.05) is 6.92 Å². The van der Waals surface area contributed by atoms with E-state index in [-0.39, 0.29) is 23.4 Å². The van der Waals surface area contributed by atoms with Gasteiger partial charge in [-0.1, -0.05) is 13.8 Å². The highest BCUT2D eigenvalue weighted by atomic mass is 32.1. The third-order valence-corrected chi connectivity index (χ3v) is 6.88. The molecular weight excluding hydrogens is 451 g/mol. The zero-order valence-electron chi connectivity index (χ0n) is 18.3. The minimum atomic E-state index is -1.51. The fourth-order valence-electron chi connectivity index (χ4n) is 4.47. The third kappa shape index (κ3) is 3.90. The summed E-state index contributed by atoms with van der Waals surface area (Å²) in [6.07, 6.45) is 1.68. The molecule has 33 heavy (non-hydrogen) atoms. The minimum absolute atomic E-state index is 0.0687. The van der Waals surface area contributed by atoms with E-state index in [1.54, 1.807) is 18.3 Å². The first kappa shape index (κ1) is 21.6. The number of hydrogen-bond acceptors (Lipinski definition) is 7. The normalized spacial score (nSPS) is 19.4. The second kappa shape index (κ2) is 8.29. The van der Waals surface area contributed by atoms with Gasteiger partial charge in [0.25, 0.3) is 0 Å². The first-order valence-electron chi connectivity index (χ1n) is 10.6. The Morgan fingerprint density at radius 1 is 1.00 bits per heavy atom. The quantitative estimate of drug-likeness (QED) is 0.439. The van der Waals surface area contributed by atoms with Crippen LogP contribution in [0.1, 0.15) is 19.7 Å². The van der Waals surface area contributed by atoms with Gasteiger partial charge in [-0.25, -0.2) is 22.7 Å². The van der Waals surface area contributed by atoms with E-state index in [0.29, 0.717) is 17.2 Å². The van der Waals surface area contributed by atoms with Gasteiger partial charge in [-0.05, 0) is 43.0 Å². The molecule has 5 rings (SSSR count).